The summed E-state index contributed by atoms with van der Waals surface area (Å²) in [6.45, 7) is 3.30. The second-order valence-corrected chi connectivity index (χ2v) is 4.62. The highest BCUT2D eigenvalue weighted by atomic mass is 32.2. The van der Waals surface area contributed by atoms with Crippen LogP contribution in [-0.4, -0.2) is 44.4 Å². The van der Waals surface area contributed by atoms with Crippen molar-refractivity contribution in [3.63, 3.8) is 0 Å². The molecule has 0 amide bonds. The van der Waals surface area contributed by atoms with Gasteiger partial charge < -0.3 is 9.84 Å². The van der Waals surface area contributed by atoms with Crippen LogP contribution in [0.1, 0.15) is 6.42 Å². The van der Waals surface area contributed by atoms with Crippen LogP contribution in [0.25, 0.3) is 0 Å². The molecule has 2 N–H and O–H groups in total. The Morgan fingerprint density at radius 2 is 2.12 bits per heavy atom. The minimum atomic E-state index is -4.01. The van der Waals surface area contributed by atoms with Crippen molar-refractivity contribution >= 4 is 22.0 Å². The Balaban J connectivity index is 4.60. The number of sulfonamides is 1. The predicted octanol–water partition coefficient (Wildman–Crippen LogP) is -0.892. The van der Waals surface area contributed by atoms with Crippen molar-refractivity contribution in [1.29, 1.82) is 0 Å². The molecule has 8 heteroatoms. The van der Waals surface area contributed by atoms with Gasteiger partial charge in [0.25, 0.3) is 0 Å². The van der Waals surface area contributed by atoms with E-state index in [1.54, 1.807) is 0 Å². The van der Waals surface area contributed by atoms with Gasteiger partial charge in [-0.15, -0.1) is 6.58 Å². The van der Waals surface area contributed by atoms with Crippen molar-refractivity contribution in [2.45, 2.75) is 12.5 Å². The van der Waals surface area contributed by atoms with Gasteiger partial charge in [-0.25, -0.2) is 13.1 Å². The number of methoxy groups -OCH3 is 1. The van der Waals surface area contributed by atoms with Gasteiger partial charge in [-0.3, -0.25) is 9.59 Å². The zero-order valence-corrected chi connectivity index (χ0v) is 9.49. The van der Waals surface area contributed by atoms with Crippen LogP contribution < -0.4 is 4.72 Å². The molecule has 0 heterocycles. The molecule has 0 aliphatic rings. The fraction of sp³-hybridized carbons (Fsp3) is 0.500. The number of hydrogen-bond acceptors (Lipinski definition) is 5. The Morgan fingerprint density at radius 3 is 2.50 bits per heavy atom. The molecule has 92 valence electrons. The Hall–Kier alpha value is -1.41. The summed E-state index contributed by atoms with van der Waals surface area (Å²) in [4.78, 5) is 21.4. The van der Waals surface area contributed by atoms with E-state index in [0.29, 0.717) is 0 Å². The SMILES string of the molecule is C=CCC(NS(=O)(=O)CC(=O)OC)C(=O)O. The van der Waals surface area contributed by atoms with E-state index >= 15 is 0 Å². The number of carbonyl (C=O) groups is 2. The van der Waals surface area contributed by atoms with Crippen LogP contribution in [0, 0.1) is 0 Å². The minimum Gasteiger partial charge on any atom is -0.480 e. The van der Waals surface area contributed by atoms with Crippen LogP contribution in [0.5, 0.6) is 0 Å². The molecule has 0 aliphatic carbocycles. The van der Waals surface area contributed by atoms with E-state index in [0.717, 1.165) is 7.11 Å². The summed E-state index contributed by atoms with van der Waals surface area (Å²) in [6.07, 6.45) is 1.19. The quantitative estimate of drug-likeness (QED) is 0.448. The number of carbonyl (C=O) groups excluding carboxylic acids is 1. The zero-order chi connectivity index (χ0) is 12.8. The lowest BCUT2D eigenvalue weighted by molar-refractivity contribution is -0.139. The van der Waals surface area contributed by atoms with Gasteiger partial charge >= 0.3 is 11.9 Å². The second kappa shape index (κ2) is 6.23. The van der Waals surface area contributed by atoms with E-state index in [1.165, 1.54) is 6.08 Å². The number of carboxylic acid groups (broad SMARTS) is 1. The maximum atomic E-state index is 11.3. The molecule has 0 rings (SSSR count). The van der Waals surface area contributed by atoms with Crippen LogP contribution >= 0.6 is 0 Å². The summed E-state index contributed by atoms with van der Waals surface area (Å²) in [7, 11) is -2.97. The van der Waals surface area contributed by atoms with Crippen molar-refractivity contribution in [3.8, 4) is 0 Å². The summed E-state index contributed by atoms with van der Waals surface area (Å²) < 4.78 is 28.6. The van der Waals surface area contributed by atoms with Gasteiger partial charge in [-0.2, -0.15) is 0 Å². The molecule has 1 unspecified atom stereocenters. The fourth-order valence-corrected chi connectivity index (χ4v) is 1.98. The van der Waals surface area contributed by atoms with Crippen LogP contribution in [0.2, 0.25) is 0 Å². The van der Waals surface area contributed by atoms with E-state index in [1.807, 2.05) is 4.72 Å². The normalized spacial score (nSPS) is 12.8. The van der Waals surface area contributed by atoms with Crippen molar-refractivity contribution in [3.05, 3.63) is 12.7 Å². The molecule has 0 aliphatic heterocycles. The topological polar surface area (TPSA) is 110 Å². The van der Waals surface area contributed by atoms with E-state index < -0.39 is 33.8 Å². The van der Waals surface area contributed by atoms with E-state index in [4.69, 9.17) is 5.11 Å². The van der Waals surface area contributed by atoms with Gasteiger partial charge in [0, 0.05) is 0 Å². The van der Waals surface area contributed by atoms with E-state index in [-0.39, 0.29) is 6.42 Å². The summed E-state index contributed by atoms with van der Waals surface area (Å²) in [5, 5.41) is 8.67. The molecule has 0 spiro atoms. The molecule has 7 nitrogen and oxygen atoms in total. The number of carboxylic acids is 1. The Bertz CT molecular complexity index is 374. The molecule has 0 bridgehead atoms. The molecule has 0 aromatic carbocycles. The van der Waals surface area contributed by atoms with E-state index in [9.17, 15) is 18.0 Å². The number of esters is 1. The van der Waals surface area contributed by atoms with Gasteiger partial charge in [0.1, 0.15) is 6.04 Å². The summed E-state index contributed by atoms with van der Waals surface area (Å²) in [6, 6.07) is -1.33. The maximum absolute atomic E-state index is 11.3. The van der Waals surface area contributed by atoms with Crippen molar-refractivity contribution < 1.29 is 27.9 Å². The van der Waals surface area contributed by atoms with Gasteiger partial charge in [0.05, 0.1) is 7.11 Å². The molecule has 0 aromatic rings. The summed E-state index contributed by atoms with van der Waals surface area (Å²) >= 11 is 0. The van der Waals surface area contributed by atoms with E-state index in [2.05, 4.69) is 11.3 Å². The van der Waals surface area contributed by atoms with Crippen molar-refractivity contribution in [1.82, 2.24) is 4.72 Å². The lowest BCUT2D eigenvalue weighted by Gasteiger charge is -2.11. The summed E-state index contributed by atoms with van der Waals surface area (Å²) in [5.41, 5.74) is 0. The largest absolute Gasteiger partial charge is 0.480 e. The number of ether oxygens (including phenoxy) is 1. The van der Waals surface area contributed by atoms with Gasteiger partial charge in [-0.05, 0) is 6.42 Å². The third-order valence-corrected chi connectivity index (χ3v) is 2.82. The zero-order valence-electron chi connectivity index (χ0n) is 8.67. The average Bonchev–Trinajstić information content (AvgIpc) is 2.15. The highest BCUT2D eigenvalue weighted by Crippen LogP contribution is 1.97. The molecule has 0 fully saturated rings. The predicted molar refractivity (Wildman–Crippen MR) is 55.2 cm³/mol. The molecular weight excluding hydrogens is 238 g/mol. The lowest BCUT2D eigenvalue weighted by Crippen LogP contribution is -2.42. The van der Waals surface area contributed by atoms with Gasteiger partial charge in [-0.1, -0.05) is 6.08 Å². The fourth-order valence-electron chi connectivity index (χ4n) is 0.838. The van der Waals surface area contributed by atoms with Gasteiger partial charge in [0.2, 0.25) is 10.0 Å². The average molecular weight is 251 g/mol. The summed E-state index contributed by atoms with van der Waals surface area (Å²) in [5.74, 6) is -3.21. The monoisotopic (exact) mass is 251 g/mol. The highest BCUT2D eigenvalue weighted by molar-refractivity contribution is 7.90. The standard InChI is InChI=1S/C8H13NO6S/c1-3-4-6(8(11)12)9-16(13,14)5-7(10)15-2/h3,6,9H,1,4-5H2,2H3,(H,11,12). The van der Waals surface area contributed by atoms with Crippen LogP contribution in [0.3, 0.4) is 0 Å². The number of aliphatic carboxylic acids is 1. The first kappa shape index (κ1) is 14.6. The molecule has 16 heavy (non-hydrogen) atoms. The first-order valence-electron chi connectivity index (χ1n) is 4.23. The molecule has 0 radical (unpaired) electrons. The molecule has 1 atom stereocenters. The Labute approximate surface area is 93.1 Å². The number of hydrogen-bond donors (Lipinski definition) is 2. The third kappa shape index (κ3) is 5.47. The third-order valence-electron chi connectivity index (χ3n) is 1.56. The second-order valence-electron chi connectivity index (χ2n) is 2.87. The van der Waals surface area contributed by atoms with Crippen molar-refractivity contribution in [2.24, 2.45) is 0 Å². The van der Waals surface area contributed by atoms with Crippen LogP contribution in [-0.2, 0) is 24.3 Å². The molecular formula is C8H13NO6S. The van der Waals surface area contributed by atoms with Crippen LogP contribution in [0.15, 0.2) is 12.7 Å². The van der Waals surface area contributed by atoms with Crippen molar-refractivity contribution in [2.75, 3.05) is 12.9 Å². The Kier molecular flexibility index (Phi) is 5.68. The maximum Gasteiger partial charge on any atom is 0.322 e. The smallest absolute Gasteiger partial charge is 0.322 e. The highest BCUT2D eigenvalue weighted by Gasteiger charge is 2.25. The lowest BCUT2D eigenvalue weighted by atomic mass is 10.2. The molecule has 0 aromatic heterocycles. The minimum absolute atomic E-state index is 0.0737. The van der Waals surface area contributed by atoms with Crippen LogP contribution in [0.4, 0.5) is 0 Å². The molecule has 0 saturated carbocycles. The first-order chi connectivity index (χ1) is 7.32. The Morgan fingerprint density at radius 1 is 1.56 bits per heavy atom. The number of nitrogens with one attached hydrogen (secondary N) is 1. The van der Waals surface area contributed by atoms with Gasteiger partial charge in [0.15, 0.2) is 5.75 Å². The first-order valence-corrected chi connectivity index (χ1v) is 5.88. The number of rotatable bonds is 7. The molecule has 0 saturated heterocycles.